The van der Waals surface area contributed by atoms with Crippen molar-refractivity contribution in [3.63, 3.8) is 0 Å². The summed E-state index contributed by atoms with van der Waals surface area (Å²) in [7, 11) is 0. The van der Waals surface area contributed by atoms with Gasteiger partial charge in [-0.05, 0) is 38.8 Å². The maximum Gasteiger partial charge on any atom is 0.0988 e. The first kappa shape index (κ1) is 12.9. The third-order valence-corrected chi connectivity index (χ3v) is 1.86. The molecule has 0 atom stereocenters. The summed E-state index contributed by atoms with van der Waals surface area (Å²) in [5, 5.41) is 8.74. The first-order valence-corrected chi connectivity index (χ1v) is 5.01. The van der Waals surface area contributed by atoms with Gasteiger partial charge in [0.2, 0.25) is 0 Å². The number of rotatable bonds is 5. The lowest BCUT2D eigenvalue weighted by atomic mass is 10.1. The molecule has 0 aliphatic rings. The highest BCUT2D eigenvalue weighted by Gasteiger charge is 1.99. The second kappa shape index (κ2) is 7.34. The molecule has 0 aromatic carbocycles. The summed E-state index contributed by atoms with van der Waals surface area (Å²) in [4.78, 5) is 0. The van der Waals surface area contributed by atoms with Crippen LogP contribution in [0, 0.1) is 11.3 Å². The zero-order chi connectivity index (χ0) is 11.0. The number of allylic oxidation sites excluding steroid dienone is 3. The topological polar surface area (TPSA) is 33.0 Å². The van der Waals surface area contributed by atoms with Gasteiger partial charge in [-0.3, -0.25) is 0 Å². The molecule has 0 bridgehead atoms. The summed E-state index contributed by atoms with van der Waals surface area (Å²) in [6, 6.07) is 2.13. The van der Waals surface area contributed by atoms with Crippen LogP contribution in [0.5, 0.6) is 0 Å². The minimum absolute atomic E-state index is 0.237. The number of ether oxygens (including phenoxy) is 1. The molecule has 2 nitrogen and oxygen atoms in total. The Kier molecular flexibility index (Phi) is 6.78. The molecular weight excluding hydrogens is 174 g/mol. The zero-order valence-corrected chi connectivity index (χ0v) is 9.50. The van der Waals surface area contributed by atoms with Crippen LogP contribution in [0.2, 0.25) is 0 Å². The molecule has 0 N–H and O–H groups in total. The summed E-state index contributed by atoms with van der Waals surface area (Å²) >= 11 is 0. The smallest absolute Gasteiger partial charge is 0.0988 e. The molecule has 0 aliphatic carbocycles. The van der Waals surface area contributed by atoms with E-state index in [0.717, 1.165) is 12.0 Å². The second-order valence-electron chi connectivity index (χ2n) is 3.37. The Bertz CT molecular complexity index is 256. The minimum atomic E-state index is 0.237. The molecule has 0 aromatic heterocycles. The van der Waals surface area contributed by atoms with Gasteiger partial charge in [-0.2, -0.15) is 5.26 Å². The van der Waals surface area contributed by atoms with E-state index >= 15 is 0 Å². The number of nitrogens with zero attached hydrogens (tertiary/aromatic N) is 1. The number of hydrogen-bond donors (Lipinski definition) is 0. The fourth-order valence-electron chi connectivity index (χ4n) is 0.920. The van der Waals surface area contributed by atoms with Crippen molar-refractivity contribution in [2.45, 2.75) is 40.2 Å². The molecule has 0 spiro atoms. The predicted octanol–water partition coefficient (Wildman–Crippen LogP) is 3.22. The molecule has 0 fully saturated rings. The molecule has 14 heavy (non-hydrogen) atoms. The normalized spacial score (nSPS) is 13.1. The summed E-state index contributed by atoms with van der Waals surface area (Å²) in [5.74, 6) is 0. The highest BCUT2D eigenvalue weighted by Crippen LogP contribution is 2.07. The van der Waals surface area contributed by atoms with Crippen LogP contribution in [0.4, 0.5) is 0 Å². The summed E-state index contributed by atoms with van der Waals surface area (Å²) in [6.45, 7) is 8.57. The van der Waals surface area contributed by atoms with Gasteiger partial charge in [-0.15, -0.1) is 0 Å². The summed E-state index contributed by atoms with van der Waals surface area (Å²) in [5.41, 5.74) is 1.86. The van der Waals surface area contributed by atoms with Crippen molar-refractivity contribution in [3.8, 4) is 6.07 Å². The van der Waals surface area contributed by atoms with Crippen LogP contribution in [0.1, 0.15) is 34.1 Å². The third-order valence-electron chi connectivity index (χ3n) is 1.86. The molecule has 0 saturated carbocycles. The highest BCUT2D eigenvalue weighted by atomic mass is 16.5. The molecule has 0 unspecified atom stereocenters. The van der Waals surface area contributed by atoms with Crippen LogP contribution in [-0.2, 0) is 4.74 Å². The second-order valence-corrected chi connectivity index (χ2v) is 3.37. The number of nitriles is 1. The van der Waals surface area contributed by atoms with Crippen molar-refractivity contribution >= 4 is 0 Å². The lowest BCUT2D eigenvalue weighted by molar-refractivity contribution is 0.0960. The maximum atomic E-state index is 8.74. The first-order valence-electron chi connectivity index (χ1n) is 5.01. The van der Waals surface area contributed by atoms with Gasteiger partial charge < -0.3 is 4.74 Å². The Labute approximate surface area is 86.9 Å². The van der Waals surface area contributed by atoms with Gasteiger partial charge in [0.25, 0.3) is 0 Å². The third kappa shape index (κ3) is 5.55. The number of hydrogen-bond acceptors (Lipinski definition) is 2. The van der Waals surface area contributed by atoms with Crippen LogP contribution >= 0.6 is 0 Å². The van der Waals surface area contributed by atoms with Crippen LogP contribution in [-0.4, -0.2) is 12.7 Å². The Morgan fingerprint density at radius 2 is 2.14 bits per heavy atom. The Hall–Kier alpha value is -1.07. The van der Waals surface area contributed by atoms with E-state index in [2.05, 4.69) is 13.0 Å². The molecule has 0 radical (unpaired) electrons. The van der Waals surface area contributed by atoms with E-state index in [4.69, 9.17) is 10.00 Å². The average molecular weight is 193 g/mol. The van der Waals surface area contributed by atoms with E-state index < -0.39 is 0 Å². The van der Waals surface area contributed by atoms with E-state index in [-0.39, 0.29) is 6.10 Å². The van der Waals surface area contributed by atoms with Gasteiger partial charge in [-0.25, -0.2) is 0 Å². The lowest BCUT2D eigenvalue weighted by Gasteiger charge is -2.09. The van der Waals surface area contributed by atoms with Crippen molar-refractivity contribution in [2.75, 3.05) is 6.61 Å². The Morgan fingerprint density at radius 3 is 2.50 bits per heavy atom. The van der Waals surface area contributed by atoms with Gasteiger partial charge in [0.1, 0.15) is 0 Å². The van der Waals surface area contributed by atoms with Crippen LogP contribution in [0.25, 0.3) is 0 Å². The minimum Gasteiger partial charge on any atom is -0.374 e. The molecule has 0 aromatic rings. The van der Waals surface area contributed by atoms with Gasteiger partial charge in [-0.1, -0.05) is 13.0 Å². The summed E-state index contributed by atoms with van der Waals surface area (Å²) < 4.78 is 5.48. The predicted molar refractivity (Wildman–Crippen MR) is 58.8 cm³/mol. The van der Waals surface area contributed by atoms with Crippen molar-refractivity contribution in [1.29, 1.82) is 5.26 Å². The molecular formula is C12H19NO. The fraction of sp³-hybridized carbons (Fsp3) is 0.583. The molecule has 0 heterocycles. The standard InChI is InChI=1S/C12H19NO/c1-5-11(8-13)7-12(6-2)9-14-10(3)4/h5,7,10H,6,9H2,1-4H3/b11-5+,12-7+. The van der Waals surface area contributed by atoms with E-state index in [1.54, 1.807) is 0 Å². The fourth-order valence-corrected chi connectivity index (χ4v) is 0.920. The molecule has 2 heteroatoms. The van der Waals surface area contributed by atoms with Crippen LogP contribution in [0.3, 0.4) is 0 Å². The van der Waals surface area contributed by atoms with E-state index in [1.807, 2.05) is 32.9 Å². The maximum absolute atomic E-state index is 8.74. The first-order chi connectivity index (χ1) is 6.63. The molecule has 0 rings (SSSR count). The van der Waals surface area contributed by atoms with E-state index in [0.29, 0.717) is 12.2 Å². The van der Waals surface area contributed by atoms with Gasteiger partial charge >= 0.3 is 0 Å². The van der Waals surface area contributed by atoms with Crippen molar-refractivity contribution < 1.29 is 4.74 Å². The van der Waals surface area contributed by atoms with Crippen molar-refractivity contribution in [1.82, 2.24) is 0 Å². The summed E-state index contributed by atoms with van der Waals surface area (Å²) in [6.07, 6.45) is 4.88. The Morgan fingerprint density at radius 1 is 1.50 bits per heavy atom. The molecule has 0 amide bonds. The van der Waals surface area contributed by atoms with Crippen molar-refractivity contribution in [2.24, 2.45) is 0 Å². The molecule has 78 valence electrons. The zero-order valence-electron chi connectivity index (χ0n) is 9.50. The van der Waals surface area contributed by atoms with Gasteiger partial charge in [0.05, 0.1) is 18.8 Å². The van der Waals surface area contributed by atoms with Gasteiger partial charge in [0, 0.05) is 5.57 Å². The largest absolute Gasteiger partial charge is 0.374 e. The SMILES string of the molecule is C/C=C(C#N)\C=C(/CC)COC(C)C. The van der Waals surface area contributed by atoms with E-state index in [9.17, 15) is 0 Å². The lowest BCUT2D eigenvalue weighted by Crippen LogP contribution is -2.05. The van der Waals surface area contributed by atoms with Crippen LogP contribution < -0.4 is 0 Å². The highest BCUT2D eigenvalue weighted by molar-refractivity contribution is 5.35. The monoisotopic (exact) mass is 193 g/mol. The molecule has 0 aliphatic heterocycles. The van der Waals surface area contributed by atoms with Gasteiger partial charge in [0.15, 0.2) is 0 Å². The van der Waals surface area contributed by atoms with Crippen molar-refractivity contribution in [3.05, 3.63) is 23.3 Å². The Balaban J connectivity index is 4.33. The quantitative estimate of drug-likeness (QED) is 0.496. The van der Waals surface area contributed by atoms with E-state index in [1.165, 1.54) is 0 Å². The molecule has 0 saturated heterocycles. The average Bonchev–Trinajstić information content (AvgIpc) is 2.18. The van der Waals surface area contributed by atoms with Crippen LogP contribution in [0.15, 0.2) is 23.3 Å².